The molecule has 3 aromatic rings. The molecule has 4 rings (SSSR count). The zero-order chi connectivity index (χ0) is 21.8. The summed E-state index contributed by atoms with van der Waals surface area (Å²) in [6.45, 7) is 1.46. The number of rotatable bonds is 6. The van der Waals surface area contributed by atoms with Gasteiger partial charge < -0.3 is 16.0 Å². The number of para-hydroxylation sites is 1. The number of thiazole rings is 1. The van der Waals surface area contributed by atoms with Gasteiger partial charge in [0.05, 0.1) is 5.69 Å². The minimum atomic E-state index is -0.213. The van der Waals surface area contributed by atoms with E-state index in [1.54, 1.807) is 0 Å². The number of hydrogen-bond acceptors (Lipinski definition) is 5. The van der Waals surface area contributed by atoms with E-state index in [1.807, 2.05) is 53.9 Å². The molecule has 7 nitrogen and oxygen atoms in total. The lowest BCUT2D eigenvalue weighted by Crippen LogP contribution is -2.30. The van der Waals surface area contributed by atoms with Crippen molar-refractivity contribution < 1.29 is 14.4 Å². The van der Waals surface area contributed by atoms with Crippen molar-refractivity contribution in [2.45, 2.75) is 26.2 Å². The van der Waals surface area contributed by atoms with Gasteiger partial charge >= 0.3 is 0 Å². The summed E-state index contributed by atoms with van der Waals surface area (Å²) in [5.41, 5.74) is 4.31. The largest absolute Gasteiger partial charge is 0.326 e. The van der Waals surface area contributed by atoms with Crippen molar-refractivity contribution in [3.05, 3.63) is 59.5 Å². The van der Waals surface area contributed by atoms with E-state index in [4.69, 9.17) is 0 Å². The lowest BCUT2D eigenvalue weighted by Gasteiger charge is -2.24. The van der Waals surface area contributed by atoms with E-state index in [1.165, 1.54) is 18.3 Å². The summed E-state index contributed by atoms with van der Waals surface area (Å²) in [5, 5.41) is 10.8. The number of fused-ring (bicyclic) bond motifs is 1. The highest BCUT2D eigenvalue weighted by molar-refractivity contribution is 7.14. The minimum Gasteiger partial charge on any atom is -0.326 e. The normalized spacial score (nSPS) is 15.0. The van der Waals surface area contributed by atoms with E-state index >= 15 is 0 Å². The third kappa shape index (κ3) is 5.16. The van der Waals surface area contributed by atoms with Crippen molar-refractivity contribution >= 4 is 45.6 Å². The zero-order valence-electron chi connectivity index (χ0n) is 17.0. The monoisotopic (exact) mass is 434 g/mol. The SMILES string of the molecule is CC(=O)Nc1ccc(-c2csc(NC(=O)CCC3Cc4ccccc4NC3=O)n2)cc1. The van der Waals surface area contributed by atoms with Crippen molar-refractivity contribution in [2.75, 3.05) is 16.0 Å². The van der Waals surface area contributed by atoms with Crippen LogP contribution in [0.1, 0.15) is 25.3 Å². The molecule has 1 aliphatic rings. The van der Waals surface area contributed by atoms with Crippen LogP contribution in [0.2, 0.25) is 0 Å². The summed E-state index contributed by atoms with van der Waals surface area (Å²) in [6, 6.07) is 15.1. The van der Waals surface area contributed by atoms with Gasteiger partial charge in [-0.3, -0.25) is 14.4 Å². The van der Waals surface area contributed by atoms with E-state index in [-0.39, 0.29) is 30.1 Å². The Morgan fingerprint density at radius 1 is 1.13 bits per heavy atom. The molecule has 158 valence electrons. The molecule has 1 aliphatic heterocycles. The Bertz CT molecular complexity index is 1120. The van der Waals surface area contributed by atoms with Gasteiger partial charge in [-0.25, -0.2) is 4.98 Å². The first-order valence-corrected chi connectivity index (χ1v) is 10.9. The number of amides is 3. The first kappa shape index (κ1) is 20.7. The molecule has 8 heteroatoms. The lowest BCUT2D eigenvalue weighted by atomic mass is 9.89. The maximum Gasteiger partial charge on any atom is 0.227 e. The van der Waals surface area contributed by atoms with E-state index in [0.717, 1.165) is 28.2 Å². The zero-order valence-corrected chi connectivity index (χ0v) is 17.8. The van der Waals surface area contributed by atoms with Gasteiger partial charge in [0.15, 0.2) is 5.13 Å². The van der Waals surface area contributed by atoms with Gasteiger partial charge in [-0.15, -0.1) is 11.3 Å². The van der Waals surface area contributed by atoms with Crippen molar-refractivity contribution in [1.29, 1.82) is 0 Å². The predicted molar refractivity (Wildman–Crippen MR) is 122 cm³/mol. The van der Waals surface area contributed by atoms with Crippen LogP contribution in [0.25, 0.3) is 11.3 Å². The first-order valence-electron chi connectivity index (χ1n) is 10.00. The summed E-state index contributed by atoms with van der Waals surface area (Å²) < 4.78 is 0. The molecule has 0 spiro atoms. The van der Waals surface area contributed by atoms with Crippen molar-refractivity contribution in [3.8, 4) is 11.3 Å². The molecule has 0 saturated heterocycles. The quantitative estimate of drug-likeness (QED) is 0.539. The Kier molecular flexibility index (Phi) is 6.08. The second kappa shape index (κ2) is 9.09. The smallest absolute Gasteiger partial charge is 0.227 e. The standard InChI is InChI=1S/C23H22N4O3S/c1-14(28)24-18-9-6-15(7-10-18)20-13-31-23(26-20)27-21(29)11-8-17-12-16-4-2-3-5-19(16)25-22(17)30/h2-7,9-10,13,17H,8,11-12H2,1H3,(H,24,28)(H,25,30)(H,26,27,29). The molecule has 0 aliphatic carbocycles. The van der Waals surface area contributed by atoms with Crippen LogP contribution >= 0.6 is 11.3 Å². The number of carbonyl (C=O) groups excluding carboxylic acids is 3. The number of carbonyl (C=O) groups is 3. The fraction of sp³-hybridized carbons (Fsp3) is 0.217. The van der Waals surface area contributed by atoms with Crippen LogP contribution in [0.15, 0.2) is 53.9 Å². The minimum absolute atomic E-state index is 0.0363. The van der Waals surface area contributed by atoms with Gasteiger partial charge in [-0.2, -0.15) is 0 Å². The van der Waals surface area contributed by atoms with Crippen LogP contribution in [0.5, 0.6) is 0 Å². The second-order valence-corrected chi connectivity index (χ2v) is 8.29. The Morgan fingerprint density at radius 3 is 2.68 bits per heavy atom. The second-order valence-electron chi connectivity index (χ2n) is 7.43. The number of nitrogens with zero attached hydrogens (tertiary/aromatic N) is 1. The third-order valence-corrected chi connectivity index (χ3v) is 5.84. The van der Waals surface area contributed by atoms with Crippen LogP contribution in [-0.2, 0) is 20.8 Å². The Hall–Kier alpha value is -3.52. The van der Waals surface area contributed by atoms with Crippen LogP contribution in [0.4, 0.5) is 16.5 Å². The fourth-order valence-electron chi connectivity index (χ4n) is 3.52. The van der Waals surface area contributed by atoms with E-state index in [0.29, 0.717) is 18.0 Å². The van der Waals surface area contributed by atoms with Gasteiger partial charge in [0.2, 0.25) is 17.7 Å². The summed E-state index contributed by atoms with van der Waals surface area (Å²) in [7, 11) is 0. The number of nitrogens with one attached hydrogen (secondary N) is 3. The Balaban J connectivity index is 1.31. The maximum atomic E-state index is 12.4. The van der Waals surface area contributed by atoms with Crippen LogP contribution < -0.4 is 16.0 Å². The van der Waals surface area contributed by atoms with Gasteiger partial charge in [0.1, 0.15) is 0 Å². The van der Waals surface area contributed by atoms with Gasteiger partial charge in [0.25, 0.3) is 0 Å². The molecule has 1 unspecified atom stereocenters. The average molecular weight is 435 g/mol. The molecule has 0 saturated carbocycles. The molecule has 0 fully saturated rings. The van der Waals surface area contributed by atoms with Crippen molar-refractivity contribution in [2.24, 2.45) is 5.92 Å². The molecule has 0 bridgehead atoms. The summed E-state index contributed by atoms with van der Waals surface area (Å²) in [5.74, 6) is -0.532. The molecule has 2 heterocycles. The molecule has 3 N–H and O–H groups in total. The average Bonchev–Trinajstić information content (AvgIpc) is 3.20. The molecule has 1 atom stereocenters. The number of anilines is 3. The fourth-order valence-corrected chi connectivity index (χ4v) is 4.26. The molecular weight excluding hydrogens is 412 g/mol. The molecule has 31 heavy (non-hydrogen) atoms. The summed E-state index contributed by atoms with van der Waals surface area (Å²) >= 11 is 1.35. The van der Waals surface area contributed by atoms with E-state index in [9.17, 15) is 14.4 Å². The summed E-state index contributed by atoms with van der Waals surface area (Å²) in [4.78, 5) is 40.3. The van der Waals surface area contributed by atoms with Crippen LogP contribution in [0, 0.1) is 5.92 Å². The number of aromatic nitrogens is 1. The van der Waals surface area contributed by atoms with E-state index < -0.39 is 0 Å². The van der Waals surface area contributed by atoms with Gasteiger partial charge in [0, 0.05) is 41.6 Å². The highest BCUT2D eigenvalue weighted by Gasteiger charge is 2.26. The Morgan fingerprint density at radius 2 is 1.90 bits per heavy atom. The van der Waals surface area contributed by atoms with Gasteiger partial charge in [-0.1, -0.05) is 30.3 Å². The Labute approximate surface area is 183 Å². The molecule has 2 aromatic carbocycles. The predicted octanol–water partition coefficient (Wildman–Crippen LogP) is 4.30. The third-order valence-electron chi connectivity index (χ3n) is 5.08. The molecule has 0 radical (unpaired) electrons. The number of hydrogen-bond donors (Lipinski definition) is 3. The van der Waals surface area contributed by atoms with Crippen LogP contribution in [-0.4, -0.2) is 22.7 Å². The summed E-state index contributed by atoms with van der Waals surface area (Å²) in [6.07, 6.45) is 1.38. The van der Waals surface area contributed by atoms with Gasteiger partial charge in [-0.05, 0) is 36.6 Å². The molecular formula is C23H22N4O3S. The maximum absolute atomic E-state index is 12.4. The van der Waals surface area contributed by atoms with Crippen molar-refractivity contribution in [1.82, 2.24) is 4.98 Å². The van der Waals surface area contributed by atoms with Crippen LogP contribution in [0.3, 0.4) is 0 Å². The highest BCUT2D eigenvalue weighted by atomic mass is 32.1. The van der Waals surface area contributed by atoms with Crippen molar-refractivity contribution in [3.63, 3.8) is 0 Å². The molecule has 3 amide bonds. The van der Waals surface area contributed by atoms with E-state index in [2.05, 4.69) is 20.9 Å². The highest BCUT2D eigenvalue weighted by Crippen LogP contribution is 2.29. The topological polar surface area (TPSA) is 100 Å². The lowest BCUT2D eigenvalue weighted by molar-refractivity contribution is -0.121. The molecule has 1 aromatic heterocycles. The first-order chi connectivity index (χ1) is 15.0. The number of benzene rings is 2.